The maximum absolute atomic E-state index is 14.5. The molecule has 4 aliphatic rings. The Labute approximate surface area is 240 Å². The molecule has 3 unspecified atom stereocenters. The zero-order valence-electron chi connectivity index (χ0n) is 23.0. The Kier molecular flexibility index (Phi) is 7.66. The van der Waals surface area contributed by atoms with Gasteiger partial charge in [0.2, 0.25) is 17.7 Å². The van der Waals surface area contributed by atoms with Crippen LogP contribution >= 0.6 is 11.8 Å². The van der Waals surface area contributed by atoms with Crippen LogP contribution in [0.2, 0.25) is 0 Å². The molecule has 212 valence electrons. The monoisotopic (exact) mass is 561 g/mol. The molecule has 0 radical (unpaired) electrons. The van der Waals surface area contributed by atoms with E-state index in [0.717, 1.165) is 37.7 Å². The van der Waals surface area contributed by atoms with Gasteiger partial charge in [0.1, 0.15) is 6.04 Å². The van der Waals surface area contributed by atoms with Gasteiger partial charge >= 0.3 is 0 Å². The van der Waals surface area contributed by atoms with Crippen molar-refractivity contribution in [1.29, 1.82) is 0 Å². The van der Waals surface area contributed by atoms with E-state index in [0.29, 0.717) is 12.1 Å². The van der Waals surface area contributed by atoms with Crippen molar-refractivity contribution < 1.29 is 19.5 Å². The van der Waals surface area contributed by atoms with E-state index in [9.17, 15) is 19.5 Å². The van der Waals surface area contributed by atoms with E-state index in [1.807, 2.05) is 60.7 Å². The quantitative estimate of drug-likeness (QED) is 0.452. The van der Waals surface area contributed by atoms with Crippen LogP contribution in [0.1, 0.15) is 51.0 Å². The first-order chi connectivity index (χ1) is 19.4. The minimum atomic E-state index is -0.729. The van der Waals surface area contributed by atoms with E-state index in [-0.39, 0.29) is 41.5 Å². The van der Waals surface area contributed by atoms with Crippen LogP contribution in [0, 0.1) is 17.8 Å². The summed E-state index contributed by atoms with van der Waals surface area (Å²) >= 11 is 1.68. The van der Waals surface area contributed by atoms with Crippen molar-refractivity contribution in [2.45, 2.75) is 80.0 Å². The van der Waals surface area contributed by atoms with Crippen molar-refractivity contribution in [2.75, 3.05) is 11.9 Å². The summed E-state index contributed by atoms with van der Waals surface area (Å²) in [7, 11) is 0. The number of nitrogens with zero attached hydrogens (tertiary/aromatic N) is 1. The number of hydrogen-bond acceptors (Lipinski definition) is 5. The molecule has 3 saturated heterocycles. The number of amides is 3. The second-order valence-electron chi connectivity index (χ2n) is 12.0. The summed E-state index contributed by atoms with van der Waals surface area (Å²) in [6.07, 6.45) is 6.49. The Morgan fingerprint density at radius 3 is 2.38 bits per heavy atom. The number of aliphatic hydroxyl groups is 1. The number of fused-ring (bicyclic) bond motifs is 1. The molecule has 1 aliphatic carbocycles. The number of aliphatic hydroxyl groups excluding tert-OH is 1. The molecule has 3 N–H and O–H groups in total. The Balaban J connectivity index is 1.37. The lowest BCUT2D eigenvalue weighted by atomic mass is 9.65. The maximum atomic E-state index is 14.5. The van der Waals surface area contributed by atoms with Crippen LogP contribution in [-0.4, -0.2) is 62.5 Å². The summed E-state index contributed by atoms with van der Waals surface area (Å²) in [5.41, 5.74) is 1.70. The topological polar surface area (TPSA) is 98.7 Å². The molecule has 6 rings (SSSR count). The fraction of sp³-hybridized carbons (Fsp3) is 0.531. The number of anilines is 1. The van der Waals surface area contributed by atoms with Gasteiger partial charge in [0.15, 0.2) is 0 Å². The molecule has 4 fully saturated rings. The highest BCUT2D eigenvalue weighted by molar-refractivity contribution is 8.02. The van der Waals surface area contributed by atoms with Crippen molar-refractivity contribution >= 4 is 35.2 Å². The number of carbonyl (C=O) groups is 3. The third-order valence-corrected chi connectivity index (χ3v) is 11.7. The first-order valence-electron chi connectivity index (χ1n) is 14.7. The average molecular weight is 562 g/mol. The summed E-state index contributed by atoms with van der Waals surface area (Å²) in [5.74, 6) is -1.51. The zero-order valence-corrected chi connectivity index (χ0v) is 23.8. The largest absolute Gasteiger partial charge is 0.394 e. The Morgan fingerprint density at radius 1 is 1.02 bits per heavy atom. The predicted octanol–water partition coefficient (Wildman–Crippen LogP) is 4.01. The molecule has 3 amide bonds. The third-order valence-electron chi connectivity index (χ3n) is 9.65. The number of likely N-dealkylation sites (tertiary alicyclic amines) is 1. The smallest absolute Gasteiger partial charge is 0.244 e. The summed E-state index contributed by atoms with van der Waals surface area (Å²) < 4.78 is -0.705. The normalized spacial score (nSPS) is 32.1. The van der Waals surface area contributed by atoms with Crippen molar-refractivity contribution in [1.82, 2.24) is 10.2 Å². The lowest BCUT2D eigenvalue weighted by Gasteiger charge is -2.41. The van der Waals surface area contributed by atoms with Gasteiger partial charge in [0.05, 0.1) is 29.2 Å². The fourth-order valence-electron chi connectivity index (χ4n) is 7.86. The third kappa shape index (κ3) is 4.63. The molecule has 1 saturated carbocycles. The predicted molar refractivity (Wildman–Crippen MR) is 157 cm³/mol. The van der Waals surface area contributed by atoms with Gasteiger partial charge in [0.25, 0.3) is 0 Å². The average Bonchev–Trinajstić information content (AvgIpc) is 3.57. The van der Waals surface area contributed by atoms with Gasteiger partial charge in [-0.3, -0.25) is 14.4 Å². The molecular formula is C32H39N3O4S. The standard InChI is InChI=1S/C32H39N3O4S/c1-20-17-25-26(29(37)33-22-13-7-3-8-14-22)27-31(39)35(24(19-36)18-21-11-5-2-6-12-21)28(32(20,27)40-25)30(38)34-23-15-9-4-10-16-23/h2-3,5-8,11-14,20,23-28,36H,4,9-10,15-19H2,1H3,(H,33,37)(H,34,38)/t20?,24-,25+,26-,27+,28?,32?/m1/s1. The molecule has 3 aliphatic heterocycles. The highest BCUT2D eigenvalue weighted by Crippen LogP contribution is 2.68. The van der Waals surface area contributed by atoms with Crippen molar-refractivity contribution in [3.63, 3.8) is 0 Å². The first-order valence-corrected chi connectivity index (χ1v) is 15.6. The molecule has 2 aromatic rings. The molecule has 0 aromatic heterocycles. The first kappa shape index (κ1) is 27.3. The lowest BCUT2D eigenvalue weighted by Crippen LogP contribution is -2.60. The number of thioether (sulfide) groups is 1. The van der Waals surface area contributed by atoms with Gasteiger partial charge in [-0.25, -0.2) is 0 Å². The minimum absolute atomic E-state index is 0.0264. The van der Waals surface area contributed by atoms with Crippen LogP contribution in [0.5, 0.6) is 0 Å². The van der Waals surface area contributed by atoms with Crippen LogP contribution in [-0.2, 0) is 20.8 Å². The Hall–Kier alpha value is -2.84. The van der Waals surface area contributed by atoms with E-state index >= 15 is 0 Å². The number of nitrogens with one attached hydrogen (secondary N) is 2. The van der Waals surface area contributed by atoms with Crippen LogP contribution in [0.4, 0.5) is 5.69 Å². The number of benzene rings is 2. The molecule has 3 heterocycles. The molecule has 8 heteroatoms. The number of rotatable bonds is 8. The van der Waals surface area contributed by atoms with E-state index in [1.54, 1.807) is 16.7 Å². The molecule has 1 spiro atoms. The van der Waals surface area contributed by atoms with E-state index < -0.39 is 28.7 Å². The number of hydrogen-bond donors (Lipinski definition) is 3. The Bertz CT molecular complexity index is 1240. The summed E-state index contributed by atoms with van der Waals surface area (Å²) in [6.45, 7) is 1.88. The molecular weight excluding hydrogens is 522 g/mol. The SMILES string of the molecule is CC1C[C@@H]2SC13C(C(=O)NC1CCCCC1)N([C@@H](CO)Cc1ccccc1)C(=O)[C@@H]3[C@@H]2C(=O)Nc1ccccc1. The highest BCUT2D eigenvalue weighted by atomic mass is 32.2. The van der Waals surface area contributed by atoms with Crippen LogP contribution < -0.4 is 10.6 Å². The van der Waals surface area contributed by atoms with Gasteiger partial charge in [-0.05, 0) is 49.3 Å². The molecule has 2 aromatic carbocycles. The van der Waals surface area contributed by atoms with Crippen molar-refractivity contribution in [3.8, 4) is 0 Å². The zero-order chi connectivity index (χ0) is 27.9. The van der Waals surface area contributed by atoms with Crippen LogP contribution in [0.25, 0.3) is 0 Å². The lowest BCUT2D eigenvalue weighted by molar-refractivity contribution is -0.142. The van der Waals surface area contributed by atoms with E-state index in [4.69, 9.17) is 0 Å². The molecule has 7 atom stereocenters. The molecule has 2 bridgehead atoms. The van der Waals surface area contributed by atoms with Gasteiger partial charge in [-0.1, -0.05) is 74.7 Å². The summed E-state index contributed by atoms with van der Waals surface area (Å²) in [4.78, 5) is 44.3. The van der Waals surface area contributed by atoms with Crippen LogP contribution in [0.3, 0.4) is 0 Å². The minimum Gasteiger partial charge on any atom is -0.394 e. The van der Waals surface area contributed by atoms with Gasteiger partial charge in [-0.2, -0.15) is 0 Å². The van der Waals surface area contributed by atoms with Crippen molar-refractivity contribution in [3.05, 3.63) is 66.2 Å². The number of para-hydroxylation sites is 1. The number of carbonyl (C=O) groups excluding carboxylic acids is 3. The van der Waals surface area contributed by atoms with Gasteiger partial charge in [0, 0.05) is 17.0 Å². The van der Waals surface area contributed by atoms with Gasteiger partial charge in [-0.15, -0.1) is 11.8 Å². The van der Waals surface area contributed by atoms with Gasteiger partial charge < -0.3 is 20.6 Å². The van der Waals surface area contributed by atoms with Crippen LogP contribution in [0.15, 0.2) is 60.7 Å². The highest BCUT2D eigenvalue weighted by Gasteiger charge is 2.76. The fourth-order valence-corrected chi connectivity index (χ4v) is 10.3. The van der Waals surface area contributed by atoms with Crippen molar-refractivity contribution in [2.24, 2.45) is 17.8 Å². The van der Waals surface area contributed by atoms with E-state index in [1.165, 1.54) is 6.42 Å². The second-order valence-corrected chi connectivity index (χ2v) is 13.6. The maximum Gasteiger partial charge on any atom is 0.244 e. The second kappa shape index (κ2) is 11.2. The molecule has 7 nitrogen and oxygen atoms in total. The summed E-state index contributed by atoms with van der Waals surface area (Å²) in [5, 5.41) is 17.0. The molecule has 40 heavy (non-hydrogen) atoms. The summed E-state index contributed by atoms with van der Waals surface area (Å²) in [6, 6.07) is 18.0. The Morgan fingerprint density at radius 2 is 1.70 bits per heavy atom. The van der Waals surface area contributed by atoms with E-state index in [2.05, 4.69) is 17.6 Å².